The van der Waals surface area contributed by atoms with Gasteiger partial charge in [-0.05, 0) is 19.4 Å². The van der Waals surface area contributed by atoms with Crippen LogP contribution in [0.1, 0.15) is 25.6 Å². The predicted octanol–water partition coefficient (Wildman–Crippen LogP) is -0.275. The molecule has 2 aromatic heterocycles. The van der Waals surface area contributed by atoms with Gasteiger partial charge in [0.25, 0.3) is 5.56 Å². The smallest absolute Gasteiger partial charge is 0.332 e. The van der Waals surface area contributed by atoms with Crippen molar-refractivity contribution in [1.82, 2.24) is 19.1 Å². The summed E-state index contributed by atoms with van der Waals surface area (Å²) in [5, 5.41) is 0. The van der Waals surface area contributed by atoms with E-state index < -0.39 is 0 Å². The zero-order valence-electron chi connectivity index (χ0n) is 11.3. The van der Waals surface area contributed by atoms with Crippen molar-refractivity contribution in [2.75, 3.05) is 6.54 Å². The van der Waals surface area contributed by atoms with Crippen LogP contribution in [0.25, 0.3) is 11.2 Å². The van der Waals surface area contributed by atoms with Gasteiger partial charge < -0.3 is 10.7 Å². The van der Waals surface area contributed by atoms with Crippen LogP contribution in [-0.4, -0.2) is 25.6 Å². The molecule has 0 fully saturated rings. The average molecular weight is 265 g/mol. The molecule has 104 valence electrons. The normalized spacial score (nSPS) is 11.3. The summed E-state index contributed by atoms with van der Waals surface area (Å²) in [5.41, 5.74) is 5.64. The molecule has 0 saturated heterocycles. The Hall–Kier alpha value is -1.89. The third kappa shape index (κ3) is 2.33. The first-order valence-corrected chi connectivity index (χ1v) is 6.48. The maximum absolute atomic E-state index is 12.1. The Labute approximate surface area is 110 Å². The number of H-pyrrole nitrogens is 1. The number of rotatable bonds is 5. The molecule has 7 nitrogen and oxygen atoms in total. The zero-order valence-corrected chi connectivity index (χ0v) is 11.3. The molecule has 2 heterocycles. The average Bonchev–Trinajstić information content (AvgIpc) is 2.83. The van der Waals surface area contributed by atoms with E-state index in [1.807, 2.05) is 6.92 Å². The van der Waals surface area contributed by atoms with E-state index in [1.54, 1.807) is 4.57 Å². The van der Waals surface area contributed by atoms with Gasteiger partial charge in [-0.3, -0.25) is 13.9 Å². The molecule has 0 bridgehead atoms. The second-order valence-corrected chi connectivity index (χ2v) is 4.57. The molecular formula is C12H19N5O2. The van der Waals surface area contributed by atoms with Gasteiger partial charge in [-0.25, -0.2) is 9.78 Å². The number of aromatic amines is 1. The fourth-order valence-electron chi connectivity index (χ4n) is 2.10. The Kier molecular flexibility index (Phi) is 3.84. The van der Waals surface area contributed by atoms with E-state index >= 15 is 0 Å². The SMILES string of the molecule is CCCn1c(=O)n(C)c(=O)c2[nH]c(CCCN)nc21. The lowest BCUT2D eigenvalue weighted by molar-refractivity contribution is 0.610. The van der Waals surface area contributed by atoms with Crippen molar-refractivity contribution in [2.45, 2.75) is 32.7 Å². The standard InChI is InChI=1S/C12H19N5O2/c1-3-7-17-10-9(11(18)16(2)12(17)19)14-8(15-10)5-4-6-13/h3-7,13H2,1-2H3,(H,14,15). The van der Waals surface area contributed by atoms with Crippen molar-refractivity contribution in [3.8, 4) is 0 Å². The van der Waals surface area contributed by atoms with Crippen molar-refractivity contribution in [1.29, 1.82) is 0 Å². The lowest BCUT2D eigenvalue weighted by Gasteiger charge is -2.06. The monoisotopic (exact) mass is 265 g/mol. The number of fused-ring (bicyclic) bond motifs is 1. The molecular weight excluding hydrogens is 246 g/mol. The van der Waals surface area contributed by atoms with Gasteiger partial charge in [0, 0.05) is 20.0 Å². The lowest BCUT2D eigenvalue weighted by atomic mass is 10.3. The highest BCUT2D eigenvalue weighted by Gasteiger charge is 2.14. The number of imidazole rings is 1. The van der Waals surface area contributed by atoms with Gasteiger partial charge in [0.1, 0.15) is 11.3 Å². The summed E-state index contributed by atoms with van der Waals surface area (Å²) in [7, 11) is 1.48. The van der Waals surface area contributed by atoms with E-state index in [9.17, 15) is 9.59 Å². The molecule has 3 N–H and O–H groups in total. The minimum atomic E-state index is -0.334. The van der Waals surface area contributed by atoms with Crippen LogP contribution in [0, 0.1) is 0 Å². The van der Waals surface area contributed by atoms with E-state index in [-0.39, 0.29) is 11.2 Å². The molecule has 0 saturated carbocycles. The highest BCUT2D eigenvalue weighted by Crippen LogP contribution is 2.07. The second-order valence-electron chi connectivity index (χ2n) is 4.57. The quantitative estimate of drug-likeness (QED) is 0.777. The van der Waals surface area contributed by atoms with Crippen molar-refractivity contribution in [3.05, 3.63) is 26.7 Å². The summed E-state index contributed by atoms with van der Waals surface area (Å²) in [6.07, 6.45) is 2.27. The maximum Gasteiger partial charge on any atom is 0.332 e. The first kappa shape index (κ1) is 13.5. The van der Waals surface area contributed by atoms with Crippen LogP contribution in [0.3, 0.4) is 0 Å². The van der Waals surface area contributed by atoms with Crippen LogP contribution in [0.15, 0.2) is 9.59 Å². The predicted molar refractivity (Wildman–Crippen MR) is 73.3 cm³/mol. The van der Waals surface area contributed by atoms with Gasteiger partial charge >= 0.3 is 5.69 Å². The fraction of sp³-hybridized carbons (Fsp3) is 0.583. The molecule has 0 aliphatic carbocycles. The second kappa shape index (κ2) is 5.40. The molecule has 0 aliphatic heterocycles. The lowest BCUT2D eigenvalue weighted by Crippen LogP contribution is -2.38. The first-order valence-electron chi connectivity index (χ1n) is 6.48. The summed E-state index contributed by atoms with van der Waals surface area (Å²) in [6, 6.07) is 0. The Morgan fingerprint density at radius 2 is 2.11 bits per heavy atom. The van der Waals surface area contributed by atoms with E-state index in [1.165, 1.54) is 7.05 Å². The van der Waals surface area contributed by atoms with Gasteiger partial charge in [0.2, 0.25) is 0 Å². The van der Waals surface area contributed by atoms with Crippen LogP contribution in [-0.2, 0) is 20.0 Å². The van der Waals surface area contributed by atoms with Crippen LogP contribution < -0.4 is 17.0 Å². The van der Waals surface area contributed by atoms with Gasteiger partial charge in [-0.2, -0.15) is 0 Å². The molecule has 0 aliphatic rings. The van der Waals surface area contributed by atoms with Gasteiger partial charge in [0.15, 0.2) is 5.65 Å². The number of hydrogen-bond acceptors (Lipinski definition) is 4. The first-order chi connectivity index (χ1) is 9.10. The summed E-state index contributed by atoms with van der Waals surface area (Å²) >= 11 is 0. The number of aryl methyl sites for hydroxylation is 2. The largest absolute Gasteiger partial charge is 0.336 e. The van der Waals surface area contributed by atoms with Crippen LogP contribution in [0.5, 0.6) is 0 Å². The van der Waals surface area contributed by atoms with Gasteiger partial charge in [-0.15, -0.1) is 0 Å². The molecule has 2 aromatic rings. The van der Waals surface area contributed by atoms with Crippen LogP contribution in [0.4, 0.5) is 0 Å². The number of nitrogens with two attached hydrogens (primary N) is 1. The molecule has 0 unspecified atom stereocenters. The van der Waals surface area contributed by atoms with Crippen molar-refractivity contribution >= 4 is 11.2 Å². The van der Waals surface area contributed by atoms with Crippen molar-refractivity contribution in [3.63, 3.8) is 0 Å². The summed E-state index contributed by atoms with van der Waals surface area (Å²) in [6.45, 7) is 3.09. The molecule has 0 aromatic carbocycles. The van der Waals surface area contributed by atoms with E-state index in [4.69, 9.17) is 5.73 Å². The van der Waals surface area contributed by atoms with Gasteiger partial charge in [0.05, 0.1) is 0 Å². The molecule has 19 heavy (non-hydrogen) atoms. The number of hydrogen-bond donors (Lipinski definition) is 2. The third-order valence-electron chi connectivity index (χ3n) is 3.09. The summed E-state index contributed by atoms with van der Waals surface area (Å²) < 4.78 is 2.65. The van der Waals surface area contributed by atoms with Crippen LogP contribution in [0.2, 0.25) is 0 Å². The minimum absolute atomic E-state index is 0.323. The highest BCUT2D eigenvalue weighted by atomic mass is 16.2. The van der Waals surface area contributed by atoms with E-state index in [0.29, 0.717) is 36.5 Å². The zero-order chi connectivity index (χ0) is 14.0. The fourth-order valence-corrected chi connectivity index (χ4v) is 2.10. The molecule has 0 atom stereocenters. The Bertz CT molecular complexity index is 694. The molecule has 2 rings (SSSR count). The molecule has 0 amide bonds. The number of aromatic nitrogens is 4. The highest BCUT2D eigenvalue weighted by molar-refractivity contribution is 5.69. The molecule has 7 heteroatoms. The third-order valence-corrected chi connectivity index (χ3v) is 3.09. The topological polar surface area (TPSA) is 98.7 Å². The maximum atomic E-state index is 12.1. The van der Waals surface area contributed by atoms with E-state index in [0.717, 1.165) is 17.4 Å². The van der Waals surface area contributed by atoms with Gasteiger partial charge in [-0.1, -0.05) is 6.92 Å². The molecule has 0 radical (unpaired) electrons. The minimum Gasteiger partial charge on any atom is -0.336 e. The van der Waals surface area contributed by atoms with E-state index in [2.05, 4.69) is 9.97 Å². The Morgan fingerprint density at radius 3 is 2.74 bits per heavy atom. The van der Waals surface area contributed by atoms with Crippen molar-refractivity contribution < 1.29 is 0 Å². The molecule has 0 spiro atoms. The summed E-state index contributed by atoms with van der Waals surface area (Å²) in [4.78, 5) is 31.5. The van der Waals surface area contributed by atoms with Crippen molar-refractivity contribution in [2.24, 2.45) is 12.8 Å². The summed E-state index contributed by atoms with van der Waals surface area (Å²) in [5.74, 6) is 0.702. The number of nitrogens with one attached hydrogen (secondary N) is 1. The number of nitrogens with zero attached hydrogens (tertiary/aromatic N) is 3. The Balaban J connectivity index is 2.67. The Morgan fingerprint density at radius 1 is 1.37 bits per heavy atom. The van der Waals surface area contributed by atoms with Crippen LogP contribution >= 0.6 is 0 Å².